The lowest BCUT2D eigenvalue weighted by Crippen LogP contribution is -2.20. The van der Waals surface area contributed by atoms with Crippen LogP contribution < -0.4 is 14.8 Å². The van der Waals surface area contributed by atoms with Gasteiger partial charge in [0.15, 0.2) is 0 Å². The van der Waals surface area contributed by atoms with Gasteiger partial charge in [0.05, 0.1) is 11.6 Å². The molecule has 146 valence electrons. The van der Waals surface area contributed by atoms with Gasteiger partial charge in [0.2, 0.25) is 5.91 Å². The summed E-state index contributed by atoms with van der Waals surface area (Å²) in [5, 5.41) is 11.3. The smallest absolute Gasteiger partial charge is 0.387 e. The molecular formula is C19H14F4N2O3. The van der Waals surface area contributed by atoms with Crippen LogP contribution in [0.1, 0.15) is 16.7 Å². The SMILES string of the molecule is N#Cc1ccc(CNC(=O)/C=C/c2ccc(OC(F)F)cc2OC(F)F)cc1. The van der Waals surface area contributed by atoms with Crippen LogP contribution in [0.2, 0.25) is 0 Å². The molecule has 28 heavy (non-hydrogen) atoms. The summed E-state index contributed by atoms with van der Waals surface area (Å²) in [6.45, 7) is -6.11. The zero-order valence-corrected chi connectivity index (χ0v) is 14.2. The lowest BCUT2D eigenvalue weighted by Gasteiger charge is -2.11. The van der Waals surface area contributed by atoms with E-state index < -0.39 is 24.9 Å². The third-order valence-corrected chi connectivity index (χ3v) is 3.39. The van der Waals surface area contributed by atoms with Crippen molar-refractivity contribution in [2.45, 2.75) is 19.8 Å². The van der Waals surface area contributed by atoms with E-state index in [0.29, 0.717) is 5.56 Å². The largest absolute Gasteiger partial charge is 0.435 e. The second kappa shape index (κ2) is 9.97. The van der Waals surface area contributed by atoms with Crippen LogP contribution in [0.15, 0.2) is 48.5 Å². The van der Waals surface area contributed by atoms with Gasteiger partial charge in [-0.25, -0.2) is 0 Å². The lowest BCUT2D eigenvalue weighted by atomic mass is 10.1. The number of nitrogens with zero attached hydrogens (tertiary/aromatic N) is 1. The summed E-state index contributed by atoms with van der Waals surface area (Å²) in [5.41, 5.74) is 1.33. The van der Waals surface area contributed by atoms with Crippen LogP contribution >= 0.6 is 0 Å². The van der Waals surface area contributed by atoms with Crippen molar-refractivity contribution in [1.29, 1.82) is 5.26 Å². The Labute approximate surface area is 157 Å². The van der Waals surface area contributed by atoms with Gasteiger partial charge in [0.1, 0.15) is 11.5 Å². The monoisotopic (exact) mass is 394 g/mol. The number of nitrogens with one attached hydrogen (secondary N) is 1. The molecule has 5 nitrogen and oxygen atoms in total. The van der Waals surface area contributed by atoms with Crippen molar-refractivity contribution >= 4 is 12.0 Å². The molecule has 9 heteroatoms. The van der Waals surface area contributed by atoms with Crippen molar-refractivity contribution in [3.63, 3.8) is 0 Å². The van der Waals surface area contributed by atoms with E-state index in [9.17, 15) is 22.4 Å². The number of nitriles is 1. The number of halogens is 4. The minimum absolute atomic E-state index is 0.0791. The molecule has 0 aromatic heterocycles. The first-order valence-corrected chi connectivity index (χ1v) is 7.86. The molecule has 0 atom stereocenters. The minimum atomic E-state index is -3.18. The molecule has 0 saturated carbocycles. The summed E-state index contributed by atoms with van der Waals surface area (Å²) < 4.78 is 58.0. The van der Waals surface area contributed by atoms with Crippen molar-refractivity contribution in [1.82, 2.24) is 5.32 Å². The number of rotatable bonds is 8. The Morgan fingerprint density at radius 2 is 1.75 bits per heavy atom. The van der Waals surface area contributed by atoms with E-state index in [0.717, 1.165) is 23.8 Å². The summed E-state index contributed by atoms with van der Waals surface area (Å²) in [5.74, 6) is -1.28. The standard InChI is InChI=1S/C19H14F4N2O3/c20-18(21)27-15-7-5-14(16(9-15)28-19(22)23)6-8-17(26)25-11-13-3-1-12(10-24)2-4-13/h1-9,18-19H,11H2,(H,25,26)/b8-6+. The Balaban J connectivity index is 2.04. The molecule has 0 heterocycles. The molecular weight excluding hydrogens is 380 g/mol. The number of benzene rings is 2. The van der Waals surface area contributed by atoms with Gasteiger partial charge in [0.25, 0.3) is 0 Å². The van der Waals surface area contributed by atoms with E-state index in [1.165, 1.54) is 12.1 Å². The van der Waals surface area contributed by atoms with Crippen molar-refractivity contribution < 1.29 is 31.8 Å². The topological polar surface area (TPSA) is 71.4 Å². The van der Waals surface area contributed by atoms with Gasteiger partial charge in [-0.3, -0.25) is 4.79 Å². The molecule has 0 bridgehead atoms. The van der Waals surface area contributed by atoms with Gasteiger partial charge in [0, 0.05) is 24.3 Å². The van der Waals surface area contributed by atoms with Crippen LogP contribution in [-0.4, -0.2) is 19.1 Å². The predicted molar refractivity (Wildman–Crippen MR) is 91.7 cm³/mol. The Bertz CT molecular complexity index is 878. The fraction of sp³-hybridized carbons (Fsp3) is 0.158. The molecule has 0 unspecified atom stereocenters. The highest BCUT2D eigenvalue weighted by Crippen LogP contribution is 2.28. The number of hydrogen-bond donors (Lipinski definition) is 1. The maximum absolute atomic E-state index is 12.5. The van der Waals surface area contributed by atoms with E-state index in [2.05, 4.69) is 14.8 Å². The molecule has 0 aliphatic rings. The molecule has 1 N–H and O–H groups in total. The first-order valence-electron chi connectivity index (χ1n) is 7.86. The molecule has 2 aromatic rings. The average Bonchev–Trinajstić information content (AvgIpc) is 2.65. The highest BCUT2D eigenvalue weighted by atomic mass is 19.3. The third kappa shape index (κ3) is 6.64. The number of ether oxygens (including phenoxy) is 2. The summed E-state index contributed by atoms with van der Waals surface area (Å²) in [6.07, 6.45) is 2.29. The Morgan fingerprint density at radius 1 is 1.07 bits per heavy atom. The number of alkyl halides is 4. The van der Waals surface area contributed by atoms with Gasteiger partial charge in [-0.1, -0.05) is 12.1 Å². The molecule has 2 aromatic carbocycles. The highest BCUT2D eigenvalue weighted by Gasteiger charge is 2.12. The minimum Gasteiger partial charge on any atom is -0.435 e. The number of carbonyl (C=O) groups is 1. The molecule has 1 amide bonds. The first kappa shape index (κ1) is 20.8. The van der Waals surface area contributed by atoms with Gasteiger partial charge >= 0.3 is 13.2 Å². The van der Waals surface area contributed by atoms with Gasteiger partial charge in [-0.2, -0.15) is 22.8 Å². The summed E-state index contributed by atoms with van der Waals surface area (Å²) in [6, 6.07) is 11.8. The van der Waals surface area contributed by atoms with Crippen molar-refractivity contribution in [2.75, 3.05) is 0 Å². The average molecular weight is 394 g/mol. The maximum Gasteiger partial charge on any atom is 0.387 e. The highest BCUT2D eigenvalue weighted by molar-refractivity contribution is 5.92. The molecule has 0 fully saturated rings. The summed E-state index contributed by atoms with van der Waals surface area (Å²) >= 11 is 0. The molecule has 0 saturated heterocycles. The Hall–Kier alpha value is -3.54. The quantitative estimate of drug-likeness (QED) is 0.541. The second-order valence-corrected chi connectivity index (χ2v) is 5.32. The fourth-order valence-corrected chi connectivity index (χ4v) is 2.14. The normalized spacial score (nSPS) is 10.9. The zero-order valence-electron chi connectivity index (χ0n) is 14.2. The van der Waals surface area contributed by atoms with E-state index in [1.54, 1.807) is 24.3 Å². The van der Waals surface area contributed by atoms with E-state index in [-0.39, 0.29) is 17.9 Å². The molecule has 0 radical (unpaired) electrons. The van der Waals surface area contributed by atoms with Crippen molar-refractivity contribution in [3.05, 3.63) is 65.2 Å². The predicted octanol–water partition coefficient (Wildman–Crippen LogP) is 4.09. The van der Waals surface area contributed by atoms with Crippen LogP contribution in [0.3, 0.4) is 0 Å². The van der Waals surface area contributed by atoms with Crippen LogP contribution in [0.25, 0.3) is 6.08 Å². The second-order valence-electron chi connectivity index (χ2n) is 5.32. The van der Waals surface area contributed by atoms with Crippen molar-refractivity contribution in [3.8, 4) is 17.6 Å². The number of carbonyl (C=O) groups excluding carboxylic acids is 1. The van der Waals surface area contributed by atoms with Crippen LogP contribution in [-0.2, 0) is 11.3 Å². The summed E-state index contributed by atoms with van der Waals surface area (Å²) in [4.78, 5) is 11.9. The lowest BCUT2D eigenvalue weighted by molar-refractivity contribution is -0.116. The van der Waals surface area contributed by atoms with Gasteiger partial charge in [-0.15, -0.1) is 0 Å². The Kier molecular flexibility index (Phi) is 7.39. The van der Waals surface area contributed by atoms with E-state index in [1.807, 2.05) is 6.07 Å². The van der Waals surface area contributed by atoms with Gasteiger partial charge in [-0.05, 0) is 35.9 Å². The molecule has 2 rings (SSSR count). The van der Waals surface area contributed by atoms with E-state index in [4.69, 9.17) is 5.26 Å². The molecule has 0 aliphatic heterocycles. The van der Waals surface area contributed by atoms with Gasteiger partial charge < -0.3 is 14.8 Å². The summed E-state index contributed by atoms with van der Waals surface area (Å²) in [7, 11) is 0. The third-order valence-electron chi connectivity index (χ3n) is 3.39. The van der Waals surface area contributed by atoms with E-state index >= 15 is 0 Å². The fourth-order valence-electron chi connectivity index (χ4n) is 2.14. The van der Waals surface area contributed by atoms with Crippen LogP contribution in [0.4, 0.5) is 17.6 Å². The maximum atomic E-state index is 12.5. The van der Waals surface area contributed by atoms with Crippen LogP contribution in [0.5, 0.6) is 11.5 Å². The molecule has 0 aliphatic carbocycles. The number of hydrogen-bond acceptors (Lipinski definition) is 4. The Morgan fingerprint density at radius 3 is 2.36 bits per heavy atom. The molecule has 0 spiro atoms. The van der Waals surface area contributed by atoms with Crippen LogP contribution in [0, 0.1) is 11.3 Å². The number of amides is 1. The zero-order chi connectivity index (χ0) is 20.5. The van der Waals surface area contributed by atoms with Crippen molar-refractivity contribution in [2.24, 2.45) is 0 Å². The first-order chi connectivity index (χ1) is 13.4.